The van der Waals surface area contributed by atoms with Crippen LogP contribution < -0.4 is 10.2 Å². The molecule has 12 heteroatoms. The van der Waals surface area contributed by atoms with E-state index in [1.807, 2.05) is 18.2 Å². The van der Waals surface area contributed by atoms with Gasteiger partial charge in [-0.3, -0.25) is 4.79 Å². The van der Waals surface area contributed by atoms with Crippen molar-refractivity contribution in [2.75, 3.05) is 57.8 Å². The molecule has 6 rings (SSSR count). The summed E-state index contributed by atoms with van der Waals surface area (Å²) in [4.78, 5) is 30.4. The third kappa shape index (κ3) is 6.42. The maximum atomic E-state index is 14.6. The van der Waals surface area contributed by atoms with Crippen LogP contribution in [0.25, 0.3) is 0 Å². The number of rotatable bonds is 10. The fourth-order valence-corrected chi connectivity index (χ4v) is 9.99. The first-order chi connectivity index (χ1) is 23.1. The van der Waals surface area contributed by atoms with E-state index in [4.69, 9.17) is 4.74 Å². The molecule has 3 unspecified atom stereocenters. The minimum atomic E-state index is -3.51. The molecule has 256 valence electrons. The Morgan fingerprint density at radius 1 is 1.08 bits per heavy atom. The number of likely N-dealkylation sites (tertiary alicyclic amines) is 2. The third-order valence-electron chi connectivity index (χ3n) is 11.0. The van der Waals surface area contributed by atoms with Gasteiger partial charge in [0.05, 0.1) is 16.4 Å². The lowest BCUT2D eigenvalue weighted by Crippen LogP contribution is -2.56. The van der Waals surface area contributed by atoms with E-state index in [2.05, 4.69) is 27.8 Å². The van der Waals surface area contributed by atoms with Crippen LogP contribution >= 0.6 is 0 Å². The van der Waals surface area contributed by atoms with Gasteiger partial charge in [0, 0.05) is 57.3 Å². The molecule has 3 heterocycles. The van der Waals surface area contributed by atoms with E-state index in [0.29, 0.717) is 17.9 Å². The lowest BCUT2D eigenvalue weighted by Gasteiger charge is -2.48. The molecular weight excluding hydrogens is 633 g/mol. The number of hydrogen-bond donors (Lipinski definition) is 1. The van der Waals surface area contributed by atoms with E-state index in [1.165, 1.54) is 30.2 Å². The molecule has 4 aliphatic rings. The summed E-state index contributed by atoms with van der Waals surface area (Å²) >= 11 is 0. The molecule has 48 heavy (non-hydrogen) atoms. The van der Waals surface area contributed by atoms with Gasteiger partial charge in [-0.05, 0) is 99.1 Å². The summed E-state index contributed by atoms with van der Waals surface area (Å²) in [5, 5.41) is 12.8. The molecule has 0 aromatic heterocycles. The summed E-state index contributed by atoms with van der Waals surface area (Å²) in [6.45, 7) is 8.18. The van der Waals surface area contributed by atoms with Crippen LogP contribution in [-0.4, -0.2) is 94.4 Å². The molecule has 10 nitrogen and oxygen atoms in total. The minimum Gasteiger partial charge on any atom is -0.446 e. The monoisotopic (exact) mass is 677 g/mol. The smallest absolute Gasteiger partial charge is 0.407 e. The Hall–Kier alpha value is -3.95. The number of alkyl carbamates (subject to hydrolysis) is 1. The van der Waals surface area contributed by atoms with Crippen molar-refractivity contribution in [1.29, 1.82) is 5.26 Å². The average Bonchev–Trinajstić information content (AvgIpc) is 3.51. The lowest BCUT2D eigenvalue weighted by atomic mass is 9.59. The van der Waals surface area contributed by atoms with Crippen LogP contribution in [0.15, 0.2) is 66.1 Å². The zero-order valence-electron chi connectivity index (χ0n) is 27.4. The maximum Gasteiger partial charge on any atom is 0.407 e. The summed E-state index contributed by atoms with van der Waals surface area (Å²) in [7, 11) is -1.98. The van der Waals surface area contributed by atoms with Gasteiger partial charge in [-0.1, -0.05) is 18.7 Å². The van der Waals surface area contributed by atoms with Crippen molar-refractivity contribution in [2.24, 2.45) is 17.8 Å². The highest BCUT2D eigenvalue weighted by Crippen LogP contribution is 2.51. The van der Waals surface area contributed by atoms with Gasteiger partial charge in [-0.15, -0.1) is 0 Å². The molecule has 0 radical (unpaired) electrons. The number of nitrogens with zero attached hydrogens (tertiary/aromatic N) is 4. The fraction of sp³-hybridized carbons (Fsp3) is 0.528. The number of hydrogen-bond acceptors (Lipinski definition) is 8. The normalized spacial score (nSPS) is 23.8. The average molecular weight is 678 g/mol. The lowest BCUT2D eigenvalue weighted by molar-refractivity contribution is -0.129. The molecule has 3 aliphatic heterocycles. The van der Waals surface area contributed by atoms with Crippen molar-refractivity contribution in [3.8, 4) is 6.07 Å². The Labute approximate surface area is 282 Å². The van der Waals surface area contributed by atoms with E-state index in [-0.39, 0.29) is 41.5 Å². The van der Waals surface area contributed by atoms with Crippen molar-refractivity contribution in [3.63, 3.8) is 0 Å². The zero-order valence-corrected chi connectivity index (χ0v) is 28.2. The molecule has 0 spiro atoms. The highest BCUT2D eigenvalue weighted by molar-refractivity contribution is 7.92. The van der Waals surface area contributed by atoms with Gasteiger partial charge in [-0.25, -0.2) is 17.6 Å². The van der Waals surface area contributed by atoms with E-state index >= 15 is 0 Å². The van der Waals surface area contributed by atoms with Crippen LogP contribution in [0, 0.1) is 34.9 Å². The molecule has 1 saturated carbocycles. The molecule has 0 bridgehead atoms. The Morgan fingerprint density at radius 3 is 2.42 bits per heavy atom. The van der Waals surface area contributed by atoms with Crippen molar-refractivity contribution in [3.05, 3.63) is 72.6 Å². The second-order valence-corrected chi connectivity index (χ2v) is 15.9. The fourth-order valence-electron chi connectivity index (χ4n) is 8.34. The van der Waals surface area contributed by atoms with Gasteiger partial charge in [-0.2, -0.15) is 5.26 Å². The third-order valence-corrected chi connectivity index (χ3v) is 13.1. The number of ether oxygens (including phenoxy) is 1. The molecular formula is C36H44FN5O5S. The van der Waals surface area contributed by atoms with Crippen LogP contribution in [-0.2, 0) is 24.8 Å². The molecule has 2 aromatic rings. The van der Waals surface area contributed by atoms with E-state index < -0.39 is 32.7 Å². The Morgan fingerprint density at radius 2 is 1.79 bits per heavy atom. The number of carbonyl (C=O) groups excluding carboxylic acids is 2. The van der Waals surface area contributed by atoms with Gasteiger partial charge < -0.3 is 24.8 Å². The van der Waals surface area contributed by atoms with Crippen molar-refractivity contribution in [1.82, 2.24) is 15.1 Å². The van der Waals surface area contributed by atoms with Gasteiger partial charge >= 0.3 is 6.09 Å². The Balaban J connectivity index is 1.05. The Kier molecular flexibility index (Phi) is 9.81. The van der Waals surface area contributed by atoms with E-state index in [9.17, 15) is 27.7 Å². The van der Waals surface area contributed by atoms with Gasteiger partial charge in [0.2, 0.25) is 5.91 Å². The van der Waals surface area contributed by atoms with Crippen molar-refractivity contribution >= 4 is 27.5 Å². The predicted octanol–water partition coefficient (Wildman–Crippen LogP) is 4.13. The first-order valence-corrected chi connectivity index (χ1v) is 18.4. The number of sulfone groups is 1. The number of anilines is 1. The number of benzene rings is 2. The summed E-state index contributed by atoms with van der Waals surface area (Å²) in [5.41, 5.74) is 0.698. The first-order valence-electron chi connectivity index (χ1n) is 16.9. The highest BCUT2D eigenvalue weighted by atomic mass is 32.2. The highest BCUT2D eigenvalue weighted by Gasteiger charge is 2.53. The van der Waals surface area contributed by atoms with Crippen LogP contribution in [0.4, 0.5) is 14.9 Å². The summed E-state index contributed by atoms with van der Waals surface area (Å²) in [6, 6.07) is 16.1. The number of nitrogens with one attached hydrogen (secondary N) is 1. The molecule has 2 aromatic carbocycles. The second-order valence-electron chi connectivity index (χ2n) is 13.7. The second kappa shape index (κ2) is 13.9. The SMILES string of the molecule is C=CC(=O)N1CC(S(=O)(=O)c2ccc(N3CC(CN4CCC(C(C#N)(c5cccc(F)c5)C5CCCC5OC(=O)NC)CC4)C3)cc2)C1. The summed E-state index contributed by atoms with van der Waals surface area (Å²) in [5.74, 6) is -0.372. The first kappa shape index (κ1) is 33.9. The summed E-state index contributed by atoms with van der Waals surface area (Å²) < 4.78 is 46.4. The van der Waals surface area contributed by atoms with E-state index in [0.717, 1.165) is 64.1 Å². The molecule has 2 amide bonds. The van der Waals surface area contributed by atoms with E-state index in [1.54, 1.807) is 18.2 Å². The van der Waals surface area contributed by atoms with Crippen LogP contribution in [0.1, 0.15) is 37.7 Å². The standard InChI is InChI=1S/C36H44FN5O5S/c1-3-34(43)42-22-31(23-42)48(45,46)30-12-10-29(11-13-30)41-20-25(21-41)19-40-16-14-26(15-17-40)36(24-38,27-6-4-7-28(37)18-27)32-8-5-9-33(32)47-35(44)39-2/h3-4,6-7,10-13,18,25-26,31-33H,1,5,8-9,14-17,19-23H2,2H3,(H,39,44). The molecule has 1 N–H and O–H groups in total. The largest absolute Gasteiger partial charge is 0.446 e. The molecule has 3 atom stereocenters. The van der Waals surface area contributed by atoms with Crippen LogP contribution in [0.2, 0.25) is 0 Å². The topological polar surface area (TPSA) is 123 Å². The van der Waals surface area contributed by atoms with Gasteiger partial charge in [0.1, 0.15) is 17.2 Å². The number of piperidine rings is 1. The maximum absolute atomic E-state index is 14.6. The number of carbonyl (C=O) groups is 2. The number of halogens is 1. The van der Waals surface area contributed by atoms with Crippen molar-refractivity contribution < 1.29 is 27.1 Å². The number of nitriles is 1. The minimum absolute atomic E-state index is 0.00222. The predicted molar refractivity (Wildman–Crippen MR) is 179 cm³/mol. The van der Waals surface area contributed by atoms with Gasteiger partial charge in [0.25, 0.3) is 0 Å². The molecule has 1 aliphatic carbocycles. The van der Waals surface area contributed by atoms with Crippen LogP contribution in [0.5, 0.6) is 0 Å². The molecule has 4 fully saturated rings. The summed E-state index contributed by atoms with van der Waals surface area (Å²) in [6.07, 6.45) is 4.15. The van der Waals surface area contributed by atoms with Crippen molar-refractivity contribution in [2.45, 2.75) is 53.8 Å². The van der Waals surface area contributed by atoms with Gasteiger partial charge in [0.15, 0.2) is 9.84 Å². The van der Waals surface area contributed by atoms with Crippen LogP contribution in [0.3, 0.4) is 0 Å². The molecule has 3 saturated heterocycles. The zero-order chi connectivity index (χ0) is 34.1. The number of amides is 2. The Bertz CT molecular complexity index is 1660. The quantitative estimate of drug-likeness (QED) is 0.373.